The van der Waals surface area contributed by atoms with Crippen LogP contribution >= 0.6 is 23.2 Å². The van der Waals surface area contributed by atoms with E-state index in [4.69, 9.17) is 37.8 Å². The van der Waals surface area contributed by atoms with E-state index in [2.05, 4.69) is 10.3 Å². The highest BCUT2D eigenvalue weighted by molar-refractivity contribution is 6.31. The first-order valence-corrected chi connectivity index (χ1v) is 11.3. The Morgan fingerprint density at radius 3 is 2.38 bits per heavy atom. The summed E-state index contributed by atoms with van der Waals surface area (Å²) in [4.78, 5) is 26.6. The number of aryl methyl sites for hydroxylation is 1. The lowest BCUT2D eigenvalue weighted by molar-refractivity contribution is -0.137. The van der Waals surface area contributed by atoms with Crippen LogP contribution in [0.15, 0.2) is 54.7 Å². The average Bonchev–Trinajstić information content (AvgIpc) is 2.91. The number of aromatic nitrogens is 1. The number of carbonyl (C=O) groups is 2. The highest BCUT2D eigenvalue weighted by Crippen LogP contribution is 2.35. The third-order valence-electron chi connectivity index (χ3n) is 4.73. The van der Waals surface area contributed by atoms with Crippen LogP contribution in [0.1, 0.15) is 21.6 Å². The van der Waals surface area contributed by atoms with E-state index in [-0.39, 0.29) is 10.9 Å². The predicted molar refractivity (Wildman–Crippen MR) is 139 cm³/mol. The largest absolute Gasteiger partial charge is 0.490 e. The number of amides is 1. The molecule has 1 aromatic heterocycles. The summed E-state index contributed by atoms with van der Waals surface area (Å²) >= 11 is 11.3. The highest BCUT2D eigenvalue weighted by Gasteiger charge is 2.33. The molecule has 0 bridgehead atoms. The fourth-order valence-corrected chi connectivity index (χ4v) is 3.55. The monoisotopic (exact) mass is 559 g/mol. The zero-order valence-electron chi connectivity index (χ0n) is 20.3. The molecule has 0 atom stereocenters. The molecule has 2 aromatic carbocycles. The molecule has 1 aliphatic rings. The second-order valence-corrected chi connectivity index (χ2v) is 7.90. The molecular formula is C25H26Cl2F3N3O4. The van der Waals surface area contributed by atoms with Gasteiger partial charge >= 0.3 is 6.18 Å². The van der Waals surface area contributed by atoms with Crippen molar-refractivity contribution in [2.45, 2.75) is 13.1 Å². The summed E-state index contributed by atoms with van der Waals surface area (Å²) in [6.07, 6.45) is -2.88. The maximum atomic E-state index is 12.8. The first-order valence-electron chi connectivity index (χ1n) is 10.6. The van der Waals surface area contributed by atoms with Crippen molar-refractivity contribution < 1.29 is 32.6 Å². The van der Waals surface area contributed by atoms with Gasteiger partial charge in [-0.05, 0) is 37.3 Å². The van der Waals surface area contributed by atoms with Crippen LogP contribution in [0, 0.1) is 6.92 Å². The number of rotatable bonds is 2. The molecule has 1 aliphatic heterocycles. The Kier molecular flexibility index (Phi) is 12.9. The molecule has 4 rings (SSSR count). The van der Waals surface area contributed by atoms with Crippen molar-refractivity contribution in [2.24, 2.45) is 0 Å². The summed E-state index contributed by atoms with van der Waals surface area (Å²) in [5.74, 6) is 0.531. The molecule has 2 heterocycles. The number of benzene rings is 2. The van der Waals surface area contributed by atoms with Crippen molar-refractivity contribution in [3.05, 3.63) is 81.6 Å². The number of hydrogen-bond donors (Lipinski definition) is 2. The number of anilines is 2. The van der Waals surface area contributed by atoms with E-state index < -0.39 is 11.7 Å². The standard InChI is InChI=1S/C15H14ClN3O2.C8H6ClF3.CH4O.CH2O/c1-17-11-8-10(16)9-18-14(11)15(20)19-6-7-21-13-5-3-2-4-12(13)19;1-5-2-3-7(9)6(4-5)8(10,11)12;2*1-2/h2-5,8-9,17H,6-7H2,1H3;2-4H,1H3;2H,1H3;1H2. The minimum Gasteiger partial charge on any atom is -0.490 e. The number of carbonyl (C=O) groups excluding carboxylic acids is 2. The molecule has 7 nitrogen and oxygen atoms in total. The van der Waals surface area contributed by atoms with E-state index in [9.17, 15) is 18.0 Å². The molecule has 3 aromatic rings. The molecule has 200 valence electrons. The van der Waals surface area contributed by atoms with E-state index in [1.165, 1.54) is 18.3 Å². The first kappa shape index (κ1) is 31.7. The Labute approximate surface area is 222 Å². The van der Waals surface area contributed by atoms with Crippen molar-refractivity contribution in [3.8, 4) is 5.75 Å². The lowest BCUT2D eigenvalue weighted by Crippen LogP contribution is -2.38. The Morgan fingerprint density at radius 2 is 1.78 bits per heavy atom. The van der Waals surface area contributed by atoms with E-state index >= 15 is 0 Å². The van der Waals surface area contributed by atoms with E-state index in [0.29, 0.717) is 40.9 Å². The van der Waals surface area contributed by atoms with Gasteiger partial charge in [-0.2, -0.15) is 13.2 Å². The molecule has 37 heavy (non-hydrogen) atoms. The van der Waals surface area contributed by atoms with Gasteiger partial charge in [0, 0.05) is 20.4 Å². The van der Waals surface area contributed by atoms with Crippen LogP contribution in [-0.4, -0.2) is 50.1 Å². The molecule has 0 spiro atoms. The number of halogens is 5. The van der Waals surface area contributed by atoms with Gasteiger partial charge in [0.05, 0.1) is 33.5 Å². The second-order valence-electron chi connectivity index (χ2n) is 7.05. The van der Waals surface area contributed by atoms with Crippen LogP contribution in [0.5, 0.6) is 5.75 Å². The Morgan fingerprint density at radius 1 is 1.14 bits per heavy atom. The van der Waals surface area contributed by atoms with Crippen molar-refractivity contribution in [2.75, 3.05) is 37.5 Å². The normalized spacial score (nSPS) is 11.6. The molecule has 0 fully saturated rings. The van der Waals surface area contributed by atoms with Crippen LogP contribution in [0.25, 0.3) is 0 Å². The predicted octanol–water partition coefficient (Wildman–Crippen LogP) is 5.91. The van der Waals surface area contributed by atoms with Crippen molar-refractivity contribution in [3.63, 3.8) is 0 Å². The van der Waals surface area contributed by atoms with Gasteiger partial charge in [-0.25, -0.2) is 4.98 Å². The van der Waals surface area contributed by atoms with Crippen molar-refractivity contribution in [1.29, 1.82) is 0 Å². The van der Waals surface area contributed by atoms with Gasteiger partial charge in [0.15, 0.2) is 5.69 Å². The number of ether oxygens (including phenoxy) is 1. The van der Waals surface area contributed by atoms with Gasteiger partial charge < -0.3 is 24.9 Å². The van der Waals surface area contributed by atoms with Crippen molar-refractivity contribution >= 4 is 47.3 Å². The minimum atomic E-state index is -4.36. The zero-order valence-corrected chi connectivity index (χ0v) is 21.8. The molecule has 0 unspecified atom stereocenters. The van der Waals surface area contributed by atoms with E-state index in [1.54, 1.807) is 24.9 Å². The fourth-order valence-electron chi connectivity index (χ4n) is 3.16. The third-order valence-corrected chi connectivity index (χ3v) is 5.26. The van der Waals surface area contributed by atoms with Gasteiger partial charge in [-0.15, -0.1) is 0 Å². The number of fused-ring (bicyclic) bond motifs is 1. The highest BCUT2D eigenvalue weighted by atomic mass is 35.5. The molecule has 0 saturated heterocycles. The lowest BCUT2D eigenvalue weighted by atomic mass is 10.1. The molecular weight excluding hydrogens is 534 g/mol. The van der Waals surface area contributed by atoms with Gasteiger partial charge in [0.2, 0.25) is 0 Å². The summed E-state index contributed by atoms with van der Waals surface area (Å²) in [6, 6.07) is 13.0. The molecule has 2 N–H and O–H groups in total. The maximum absolute atomic E-state index is 12.8. The summed E-state index contributed by atoms with van der Waals surface area (Å²) < 4.78 is 42.0. The third kappa shape index (κ3) is 8.63. The SMILES string of the molecule is C=O.CNc1cc(Cl)cnc1C(=O)N1CCOc2ccccc21.CO.Cc1ccc(Cl)c(C(F)(F)F)c1. The number of pyridine rings is 1. The summed E-state index contributed by atoms with van der Waals surface area (Å²) in [6.45, 7) is 4.54. The van der Waals surface area contributed by atoms with Gasteiger partial charge in [0.1, 0.15) is 19.1 Å². The maximum Gasteiger partial charge on any atom is 0.417 e. The molecule has 0 saturated carbocycles. The zero-order chi connectivity index (χ0) is 28.2. The summed E-state index contributed by atoms with van der Waals surface area (Å²) in [5, 5.41) is 10.2. The second kappa shape index (κ2) is 15.0. The Hall–Kier alpha value is -3.34. The van der Waals surface area contributed by atoms with Crippen LogP contribution < -0.4 is 15.0 Å². The smallest absolute Gasteiger partial charge is 0.417 e. The van der Waals surface area contributed by atoms with Gasteiger partial charge in [-0.3, -0.25) is 4.79 Å². The number of para-hydroxylation sites is 2. The molecule has 12 heteroatoms. The van der Waals surface area contributed by atoms with Crippen LogP contribution in [0.2, 0.25) is 10.0 Å². The van der Waals surface area contributed by atoms with E-state index in [0.717, 1.165) is 18.9 Å². The van der Waals surface area contributed by atoms with Crippen LogP contribution in [0.3, 0.4) is 0 Å². The fraction of sp³-hybridized carbons (Fsp3) is 0.240. The Balaban J connectivity index is 0.000000365. The molecule has 0 aliphatic carbocycles. The van der Waals surface area contributed by atoms with Crippen molar-refractivity contribution in [1.82, 2.24) is 4.98 Å². The summed E-state index contributed by atoms with van der Waals surface area (Å²) in [5.41, 5.74) is 1.48. The molecule has 1 amide bonds. The topological polar surface area (TPSA) is 91.8 Å². The Bertz CT molecular complexity index is 1180. The first-order chi connectivity index (χ1) is 17.6. The number of nitrogens with zero attached hydrogens (tertiary/aromatic N) is 2. The number of hydrogen-bond acceptors (Lipinski definition) is 6. The summed E-state index contributed by atoms with van der Waals surface area (Å²) in [7, 11) is 2.73. The minimum absolute atomic E-state index is 0.174. The van der Waals surface area contributed by atoms with Crippen LogP contribution in [0.4, 0.5) is 24.5 Å². The van der Waals surface area contributed by atoms with E-state index in [1.807, 2.05) is 31.1 Å². The number of aliphatic hydroxyl groups is 1. The van der Waals surface area contributed by atoms with Gasteiger partial charge in [-0.1, -0.05) is 47.0 Å². The number of nitrogens with one attached hydrogen (secondary N) is 1. The number of aliphatic hydroxyl groups excluding tert-OH is 1. The quantitative estimate of drug-likeness (QED) is 0.405. The van der Waals surface area contributed by atoms with Gasteiger partial charge in [0.25, 0.3) is 5.91 Å². The number of alkyl halides is 3. The van der Waals surface area contributed by atoms with Crippen LogP contribution in [-0.2, 0) is 11.0 Å². The lowest BCUT2D eigenvalue weighted by Gasteiger charge is -2.29. The molecule has 0 radical (unpaired) electrons. The average molecular weight is 560 g/mol.